The topological polar surface area (TPSA) is 92.6 Å². The highest BCUT2D eigenvalue weighted by atomic mass is 19.4. The first-order chi connectivity index (χ1) is 12.4. The molecule has 0 bridgehead atoms. The van der Waals surface area contributed by atoms with Crippen LogP contribution in [0.4, 0.5) is 18.9 Å². The maximum absolute atomic E-state index is 12.2. The fourth-order valence-electron chi connectivity index (χ4n) is 2.02. The van der Waals surface area contributed by atoms with E-state index in [2.05, 4.69) is 10.1 Å². The van der Waals surface area contributed by atoms with E-state index in [1.54, 1.807) is 42.5 Å². The summed E-state index contributed by atoms with van der Waals surface area (Å²) in [4.78, 5) is 0. The second-order valence-electron chi connectivity index (χ2n) is 4.86. The lowest BCUT2D eigenvalue weighted by atomic mass is 10.1. The Morgan fingerprint density at radius 3 is 1.73 bits per heavy atom. The predicted molar refractivity (Wildman–Crippen MR) is 86.0 cm³/mol. The van der Waals surface area contributed by atoms with Crippen molar-refractivity contribution in [2.24, 2.45) is 0 Å². The highest BCUT2D eigenvalue weighted by Crippen LogP contribution is 2.27. The third-order valence-electron chi connectivity index (χ3n) is 3.16. The highest BCUT2D eigenvalue weighted by molar-refractivity contribution is 5.68. The van der Waals surface area contributed by atoms with Gasteiger partial charge in [0.05, 0.1) is 0 Å². The molecular weight excluding hydrogens is 345 g/mol. The van der Waals surface area contributed by atoms with Gasteiger partial charge in [-0.05, 0) is 35.4 Å². The van der Waals surface area contributed by atoms with E-state index in [9.17, 15) is 13.2 Å². The number of hydrogen-bond acceptors (Lipinski definition) is 5. The van der Waals surface area contributed by atoms with E-state index in [-0.39, 0.29) is 17.0 Å². The van der Waals surface area contributed by atoms with Crippen LogP contribution in [0.3, 0.4) is 0 Å². The van der Waals surface area contributed by atoms with Crippen LogP contribution in [0.25, 0.3) is 11.1 Å². The first kappa shape index (κ1) is 18.4. The number of anilines is 1. The Hall–Kier alpha value is -3.96. The second-order valence-corrected chi connectivity index (χ2v) is 4.86. The molecule has 0 saturated heterocycles. The van der Waals surface area contributed by atoms with Gasteiger partial charge in [-0.2, -0.15) is 15.8 Å². The number of nitrogens with zero attached hydrogens (tertiary/aromatic N) is 3. The standard InChI is InChI=1S/C18H9F3N4O/c19-18(20,21)26-16-7-3-13(4-8-16)12-1-5-15(6-2-12)25-17(11-24)14(9-22)10-23/h1-8,25H. The average molecular weight is 354 g/mol. The third-order valence-corrected chi connectivity index (χ3v) is 3.16. The van der Waals surface area contributed by atoms with Crippen molar-refractivity contribution in [3.8, 4) is 35.1 Å². The van der Waals surface area contributed by atoms with Gasteiger partial charge in [0.25, 0.3) is 0 Å². The summed E-state index contributed by atoms with van der Waals surface area (Å²) in [6.45, 7) is 0. The Morgan fingerprint density at radius 1 is 0.808 bits per heavy atom. The molecule has 0 aliphatic rings. The van der Waals surface area contributed by atoms with Crippen molar-refractivity contribution in [3.05, 3.63) is 59.8 Å². The zero-order valence-corrected chi connectivity index (χ0v) is 13.0. The minimum Gasteiger partial charge on any atom is -0.406 e. The molecule has 26 heavy (non-hydrogen) atoms. The van der Waals surface area contributed by atoms with Crippen LogP contribution in [0.5, 0.6) is 5.75 Å². The van der Waals surface area contributed by atoms with Crippen molar-refractivity contribution in [2.45, 2.75) is 6.36 Å². The van der Waals surface area contributed by atoms with Crippen LogP contribution in [0.15, 0.2) is 59.8 Å². The molecule has 1 N–H and O–H groups in total. The Kier molecular flexibility index (Phi) is 5.47. The fraction of sp³-hybridized carbons (Fsp3) is 0.0556. The molecule has 0 aliphatic carbocycles. The summed E-state index contributed by atoms with van der Waals surface area (Å²) in [6, 6.07) is 16.9. The maximum Gasteiger partial charge on any atom is 0.573 e. The molecule has 2 aromatic carbocycles. The Balaban J connectivity index is 2.18. The first-order valence-corrected chi connectivity index (χ1v) is 7.04. The molecule has 0 unspecified atom stereocenters. The number of alkyl halides is 3. The second kappa shape index (κ2) is 7.74. The van der Waals surface area contributed by atoms with E-state index in [4.69, 9.17) is 15.8 Å². The summed E-state index contributed by atoms with van der Waals surface area (Å²) < 4.78 is 40.3. The zero-order valence-electron chi connectivity index (χ0n) is 13.0. The number of nitriles is 3. The van der Waals surface area contributed by atoms with Crippen LogP contribution in [0.2, 0.25) is 0 Å². The van der Waals surface area contributed by atoms with Crippen molar-refractivity contribution in [1.29, 1.82) is 15.8 Å². The molecule has 0 aromatic heterocycles. The van der Waals surface area contributed by atoms with Gasteiger partial charge in [0, 0.05) is 5.69 Å². The number of nitrogens with one attached hydrogen (secondary N) is 1. The summed E-state index contributed by atoms with van der Waals surface area (Å²) in [7, 11) is 0. The van der Waals surface area contributed by atoms with Gasteiger partial charge in [0.15, 0.2) is 5.57 Å². The van der Waals surface area contributed by atoms with Crippen molar-refractivity contribution in [2.75, 3.05) is 5.32 Å². The van der Waals surface area contributed by atoms with E-state index in [0.29, 0.717) is 11.3 Å². The molecule has 128 valence electrons. The summed E-state index contributed by atoms with van der Waals surface area (Å²) in [6.07, 6.45) is -4.74. The number of halogens is 3. The molecule has 2 rings (SSSR count). The third kappa shape index (κ3) is 4.77. The minimum atomic E-state index is -4.74. The first-order valence-electron chi connectivity index (χ1n) is 7.04. The minimum absolute atomic E-state index is 0.170. The Labute approximate surface area is 146 Å². The number of hydrogen-bond donors (Lipinski definition) is 1. The van der Waals surface area contributed by atoms with Gasteiger partial charge >= 0.3 is 6.36 Å². The summed E-state index contributed by atoms with van der Waals surface area (Å²) in [5, 5.41) is 29.2. The molecular formula is C18H9F3N4O. The van der Waals surface area contributed by atoms with Crippen LogP contribution < -0.4 is 10.1 Å². The molecule has 2 aromatic rings. The predicted octanol–water partition coefficient (Wildman–Crippen LogP) is 4.49. The van der Waals surface area contributed by atoms with Crippen molar-refractivity contribution in [3.63, 3.8) is 0 Å². The number of benzene rings is 2. The van der Waals surface area contributed by atoms with Crippen LogP contribution in [-0.4, -0.2) is 6.36 Å². The number of ether oxygens (including phenoxy) is 1. The Bertz CT molecular complexity index is 925. The highest BCUT2D eigenvalue weighted by Gasteiger charge is 2.30. The lowest BCUT2D eigenvalue weighted by molar-refractivity contribution is -0.274. The van der Waals surface area contributed by atoms with Gasteiger partial charge < -0.3 is 10.1 Å². The van der Waals surface area contributed by atoms with Crippen LogP contribution >= 0.6 is 0 Å². The lowest BCUT2D eigenvalue weighted by Crippen LogP contribution is -2.16. The van der Waals surface area contributed by atoms with Crippen LogP contribution in [0, 0.1) is 34.0 Å². The molecule has 0 radical (unpaired) electrons. The molecule has 0 spiro atoms. The smallest absolute Gasteiger partial charge is 0.406 e. The average Bonchev–Trinajstić information content (AvgIpc) is 2.62. The Morgan fingerprint density at radius 2 is 1.31 bits per heavy atom. The molecule has 0 saturated carbocycles. The lowest BCUT2D eigenvalue weighted by Gasteiger charge is -2.10. The van der Waals surface area contributed by atoms with E-state index in [0.717, 1.165) is 5.56 Å². The summed E-state index contributed by atoms with van der Waals surface area (Å²) >= 11 is 0. The van der Waals surface area contributed by atoms with Gasteiger partial charge in [0.1, 0.15) is 29.7 Å². The summed E-state index contributed by atoms with van der Waals surface area (Å²) in [5.41, 5.74) is 1.35. The van der Waals surface area contributed by atoms with Gasteiger partial charge in [-0.15, -0.1) is 13.2 Å². The van der Waals surface area contributed by atoms with Crippen molar-refractivity contribution in [1.82, 2.24) is 0 Å². The van der Waals surface area contributed by atoms with Gasteiger partial charge in [-0.1, -0.05) is 24.3 Å². The van der Waals surface area contributed by atoms with Crippen LogP contribution in [-0.2, 0) is 0 Å². The van der Waals surface area contributed by atoms with E-state index >= 15 is 0 Å². The SMILES string of the molecule is N#CC(C#N)=C(C#N)Nc1ccc(-c2ccc(OC(F)(F)F)cc2)cc1. The molecule has 0 aliphatic heterocycles. The molecule has 8 heteroatoms. The van der Waals surface area contributed by atoms with E-state index in [1.165, 1.54) is 24.3 Å². The number of rotatable bonds is 4. The molecule has 5 nitrogen and oxygen atoms in total. The zero-order chi connectivity index (χ0) is 19.2. The van der Waals surface area contributed by atoms with Gasteiger partial charge in [-0.25, -0.2) is 0 Å². The van der Waals surface area contributed by atoms with Crippen molar-refractivity contribution < 1.29 is 17.9 Å². The quantitative estimate of drug-likeness (QED) is 0.817. The molecule has 0 amide bonds. The molecule has 0 heterocycles. The van der Waals surface area contributed by atoms with Crippen LogP contribution in [0.1, 0.15) is 0 Å². The summed E-state index contributed by atoms with van der Waals surface area (Å²) in [5.74, 6) is -0.316. The largest absolute Gasteiger partial charge is 0.573 e. The van der Waals surface area contributed by atoms with E-state index in [1.807, 2.05) is 0 Å². The monoisotopic (exact) mass is 354 g/mol. The van der Waals surface area contributed by atoms with Crippen molar-refractivity contribution >= 4 is 5.69 Å². The van der Waals surface area contributed by atoms with Gasteiger partial charge in [0.2, 0.25) is 0 Å². The molecule has 0 fully saturated rings. The van der Waals surface area contributed by atoms with Gasteiger partial charge in [-0.3, -0.25) is 0 Å². The maximum atomic E-state index is 12.2. The fourth-order valence-corrected chi connectivity index (χ4v) is 2.02. The molecule has 0 atom stereocenters. The normalized spacial score (nSPS) is 10.0. The van der Waals surface area contributed by atoms with E-state index < -0.39 is 6.36 Å². The number of allylic oxidation sites excluding steroid dienone is 2.